The molecular formula is C21H24FN5O2. The molecule has 1 atom stereocenters. The first-order chi connectivity index (χ1) is 13.8. The van der Waals surface area contributed by atoms with Gasteiger partial charge in [0.2, 0.25) is 5.91 Å². The Bertz CT molecular complexity index is 1180. The van der Waals surface area contributed by atoms with Gasteiger partial charge in [-0.25, -0.2) is 9.07 Å². The Morgan fingerprint density at radius 3 is 2.59 bits per heavy atom. The van der Waals surface area contributed by atoms with Crippen molar-refractivity contribution in [2.45, 2.75) is 59.2 Å². The average molecular weight is 397 g/mol. The van der Waals surface area contributed by atoms with Crippen LogP contribution in [0, 0.1) is 26.6 Å². The fraction of sp³-hybridized carbons (Fsp3) is 0.429. The van der Waals surface area contributed by atoms with E-state index in [4.69, 9.17) is 0 Å². The fourth-order valence-electron chi connectivity index (χ4n) is 3.76. The number of nitrogens with zero attached hydrogens (tertiary/aromatic N) is 4. The number of fused-ring (bicyclic) bond motifs is 1. The highest BCUT2D eigenvalue weighted by Crippen LogP contribution is 2.36. The maximum atomic E-state index is 14.2. The van der Waals surface area contributed by atoms with Crippen molar-refractivity contribution in [1.29, 1.82) is 0 Å². The number of rotatable bonds is 5. The second-order valence-corrected chi connectivity index (χ2v) is 7.85. The molecule has 1 aliphatic carbocycles. The minimum absolute atomic E-state index is 0.234. The summed E-state index contributed by atoms with van der Waals surface area (Å²) in [6, 6.07) is 4.61. The van der Waals surface area contributed by atoms with Gasteiger partial charge in [-0.1, -0.05) is 12.1 Å². The summed E-state index contributed by atoms with van der Waals surface area (Å²) in [4.78, 5) is 25.6. The number of hydrogen-bond acceptors (Lipinski definition) is 4. The van der Waals surface area contributed by atoms with Gasteiger partial charge in [-0.15, -0.1) is 0 Å². The molecule has 29 heavy (non-hydrogen) atoms. The minimum Gasteiger partial charge on any atom is -0.348 e. The first kappa shape index (κ1) is 19.3. The molecule has 0 saturated heterocycles. The number of nitrogens with one attached hydrogen (secondary N) is 1. The lowest BCUT2D eigenvalue weighted by Gasteiger charge is -2.16. The molecular weight excluding hydrogens is 373 g/mol. The number of carbonyl (C=O) groups excluding carboxylic acids is 1. The van der Waals surface area contributed by atoms with Crippen molar-refractivity contribution in [3.63, 3.8) is 0 Å². The van der Waals surface area contributed by atoms with Gasteiger partial charge in [-0.05, 0) is 52.2 Å². The molecule has 2 heterocycles. The lowest BCUT2D eigenvalue weighted by atomic mass is 10.1. The van der Waals surface area contributed by atoms with E-state index in [1.54, 1.807) is 30.7 Å². The first-order valence-corrected chi connectivity index (χ1v) is 9.78. The van der Waals surface area contributed by atoms with Crippen molar-refractivity contribution in [2.75, 3.05) is 0 Å². The molecule has 4 rings (SSSR count). The number of halogens is 1. The van der Waals surface area contributed by atoms with Crippen LogP contribution in [0.15, 0.2) is 23.0 Å². The van der Waals surface area contributed by atoms with Crippen LogP contribution in [0.4, 0.5) is 4.39 Å². The van der Waals surface area contributed by atoms with Gasteiger partial charge in [0.15, 0.2) is 0 Å². The van der Waals surface area contributed by atoms with Gasteiger partial charge in [0, 0.05) is 5.56 Å². The zero-order valence-corrected chi connectivity index (χ0v) is 17.0. The van der Waals surface area contributed by atoms with E-state index >= 15 is 0 Å². The first-order valence-electron chi connectivity index (χ1n) is 9.78. The third kappa shape index (κ3) is 3.54. The van der Waals surface area contributed by atoms with Gasteiger partial charge in [-0.3, -0.25) is 14.3 Å². The Balaban J connectivity index is 1.60. The van der Waals surface area contributed by atoms with E-state index in [1.807, 2.05) is 13.8 Å². The van der Waals surface area contributed by atoms with Crippen LogP contribution in [0.5, 0.6) is 0 Å². The van der Waals surface area contributed by atoms with Gasteiger partial charge in [-0.2, -0.15) is 10.2 Å². The van der Waals surface area contributed by atoms with E-state index in [1.165, 1.54) is 10.7 Å². The van der Waals surface area contributed by atoms with Gasteiger partial charge < -0.3 is 5.32 Å². The summed E-state index contributed by atoms with van der Waals surface area (Å²) in [6.07, 6.45) is 1.99. The number of aryl methyl sites for hydroxylation is 3. The molecule has 7 nitrogen and oxygen atoms in total. The molecule has 1 aliphatic rings. The molecule has 152 valence electrons. The van der Waals surface area contributed by atoms with Crippen LogP contribution in [0.25, 0.3) is 10.9 Å². The minimum atomic E-state index is -0.525. The summed E-state index contributed by atoms with van der Waals surface area (Å²) < 4.78 is 17.1. The van der Waals surface area contributed by atoms with Crippen molar-refractivity contribution < 1.29 is 9.18 Å². The predicted molar refractivity (Wildman–Crippen MR) is 107 cm³/mol. The maximum absolute atomic E-state index is 14.2. The van der Waals surface area contributed by atoms with Crippen LogP contribution in [-0.2, 0) is 11.3 Å². The van der Waals surface area contributed by atoms with Gasteiger partial charge >= 0.3 is 0 Å². The van der Waals surface area contributed by atoms with E-state index in [2.05, 4.69) is 15.5 Å². The quantitative estimate of drug-likeness (QED) is 0.718. The largest absolute Gasteiger partial charge is 0.348 e. The summed E-state index contributed by atoms with van der Waals surface area (Å²) in [6.45, 7) is 6.96. The molecule has 0 aliphatic heterocycles. The predicted octanol–water partition coefficient (Wildman–Crippen LogP) is 2.87. The van der Waals surface area contributed by atoms with Crippen LogP contribution in [0.2, 0.25) is 0 Å². The third-order valence-electron chi connectivity index (χ3n) is 5.34. The third-order valence-corrected chi connectivity index (χ3v) is 5.34. The maximum Gasteiger partial charge on any atom is 0.293 e. The zero-order valence-electron chi connectivity index (χ0n) is 17.0. The fourth-order valence-corrected chi connectivity index (χ4v) is 3.76. The van der Waals surface area contributed by atoms with Crippen molar-refractivity contribution in [1.82, 2.24) is 24.9 Å². The van der Waals surface area contributed by atoms with Gasteiger partial charge in [0.1, 0.15) is 17.9 Å². The Morgan fingerprint density at radius 1 is 1.24 bits per heavy atom. The van der Waals surface area contributed by atoms with E-state index in [-0.39, 0.29) is 24.0 Å². The SMILES string of the molecule is Cc1ccc([C@H](C)NC(=O)Cn2nc(C)c3c(C)nn(C4CC4)c3c2=O)c(F)c1. The summed E-state index contributed by atoms with van der Waals surface area (Å²) in [5, 5.41) is 12.4. The second-order valence-electron chi connectivity index (χ2n) is 7.85. The Labute approximate surface area is 167 Å². The Hall–Kier alpha value is -3.03. The molecule has 1 saturated carbocycles. The van der Waals surface area contributed by atoms with Crippen molar-refractivity contribution in [3.05, 3.63) is 56.9 Å². The smallest absolute Gasteiger partial charge is 0.293 e. The van der Waals surface area contributed by atoms with Crippen LogP contribution >= 0.6 is 0 Å². The molecule has 2 aromatic heterocycles. The number of benzene rings is 1. The topological polar surface area (TPSA) is 81.8 Å². The average Bonchev–Trinajstić information content (AvgIpc) is 3.41. The molecule has 8 heteroatoms. The summed E-state index contributed by atoms with van der Waals surface area (Å²) in [5.41, 5.74) is 2.82. The molecule has 0 unspecified atom stereocenters. The van der Waals surface area contributed by atoms with E-state index in [0.717, 1.165) is 29.5 Å². The lowest BCUT2D eigenvalue weighted by molar-refractivity contribution is -0.122. The van der Waals surface area contributed by atoms with Crippen LogP contribution < -0.4 is 10.9 Å². The molecule has 0 radical (unpaired) electrons. The number of carbonyl (C=O) groups is 1. The number of hydrogen-bond donors (Lipinski definition) is 1. The van der Waals surface area contributed by atoms with E-state index < -0.39 is 11.9 Å². The van der Waals surface area contributed by atoms with Crippen molar-refractivity contribution in [3.8, 4) is 0 Å². The number of amides is 1. The highest BCUT2D eigenvalue weighted by Gasteiger charge is 2.29. The lowest BCUT2D eigenvalue weighted by Crippen LogP contribution is -2.36. The normalized spacial score (nSPS) is 14.9. The highest BCUT2D eigenvalue weighted by molar-refractivity contribution is 5.83. The van der Waals surface area contributed by atoms with Crippen molar-refractivity contribution >= 4 is 16.8 Å². The van der Waals surface area contributed by atoms with Crippen LogP contribution in [0.1, 0.15) is 54.4 Å². The van der Waals surface area contributed by atoms with Gasteiger partial charge in [0.05, 0.1) is 28.9 Å². The summed E-state index contributed by atoms with van der Waals surface area (Å²) in [7, 11) is 0. The number of aromatic nitrogens is 4. The Kier molecular flexibility index (Phi) is 4.72. The second kappa shape index (κ2) is 7.09. The van der Waals surface area contributed by atoms with E-state index in [0.29, 0.717) is 16.8 Å². The standard InChI is InChI=1S/C21H24FN5O2/c1-11-5-8-16(17(22)9-11)12(2)23-18(28)10-26-21(29)20-19(13(3)24-26)14(4)25-27(20)15-6-7-15/h5,8-9,12,15H,6-7,10H2,1-4H3,(H,23,28)/t12-/m0/s1. The summed E-state index contributed by atoms with van der Waals surface area (Å²) >= 11 is 0. The molecule has 1 N–H and O–H groups in total. The molecule has 1 amide bonds. The highest BCUT2D eigenvalue weighted by atomic mass is 19.1. The molecule has 3 aromatic rings. The molecule has 1 aromatic carbocycles. The Morgan fingerprint density at radius 2 is 1.93 bits per heavy atom. The molecule has 0 bridgehead atoms. The monoisotopic (exact) mass is 397 g/mol. The zero-order chi connectivity index (χ0) is 20.9. The molecule has 0 spiro atoms. The van der Waals surface area contributed by atoms with Gasteiger partial charge in [0.25, 0.3) is 5.56 Å². The van der Waals surface area contributed by atoms with Crippen LogP contribution in [0.3, 0.4) is 0 Å². The molecule has 1 fully saturated rings. The van der Waals surface area contributed by atoms with Crippen molar-refractivity contribution in [2.24, 2.45) is 0 Å². The van der Waals surface area contributed by atoms with Crippen LogP contribution in [-0.4, -0.2) is 25.5 Å². The van der Waals surface area contributed by atoms with E-state index in [9.17, 15) is 14.0 Å². The summed E-state index contributed by atoms with van der Waals surface area (Å²) in [5.74, 6) is -0.769.